The summed E-state index contributed by atoms with van der Waals surface area (Å²) in [7, 11) is 0. The maximum absolute atomic E-state index is 13.3. The first-order valence-electron chi connectivity index (χ1n) is 11.6. The molecule has 1 unspecified atom stereocenters. The molecule has 5 heteroatoms. The molecule has 0 spiro atoms. The highest BCUT2D eigenvalue weighted by atomic mass is 16.1. The molecule has 0 aliphatic heterocycles. The number of hydrogen-bond donors (Lipinski definition) is 0. The Balaban J connectivity index is 1.44. The molecule has 4 rings (SSSR count). The van der Waals surface area contributed by atoms with E-state index >= 15 is 0 Å². The number of fused-ring (bicyclic) bond motifs is 5. The summed E-state index contributed by atoms with van der Waals surface area (Å²) in [4.78, 5) is 28.7. The predicted octanol–water partition coefficient (Wildman–Crippen LogP) is 6.04. The minimum absolute atomic E-state index is 0.124. The normalized spacial score (nSPS) is 44.1. The van der Waals surface area contributed by atoms with Gasteiger partial charge in [0.2, 0.25) is 0 Å². The number of hydrogen-bond acceptors (Lipinski definition) is 3. The molecule has 0 saturated heterocycles. The average Bonchev–Trinajstić information content (AvgIpc) is 3.00. The summed E-state index contributed by atoms with van der Waals surface area (Å²) in [6.45, 7) is 5.13. The second-order valence-corrected chi connectivity index (χ2v) is 10.6. The third-order valence-corrected chi connectivity index (χ3v) is 9.31. The van der Waals surface area contributed by atoms with E-state index in [0.29, 0.717) is 48.2 Å². The molecule has 0 aromatic carbocycles. The molecule has 4 fully saturated rings. The standard InChI is InChI=1S/C24H35N3O2/c1-23-11-9-16(6-4-3-5-13-26-27-25)14-20(23)21(28)15-17-18-7-8-22(29)24(18,2)12-10-19(17)23/h4,6,16-20H,3,5,7-15H2,1-2H3/t16-,17-,18-,19-,20?,23+,24-/m0/s1. The fourth-order valence-electron chi connectivity index (χ4n) is 7.63. The molecule has 0 N–H and O–H groups in total. The Kier molecular flexibility index (Phi) is 5.63. The van der Waals surface area contributed by atoms with Crippen LogP contribution in [0.4, 0.5) is 0 Å². The molecule has 4 saturated carbocycles. The van der Waals surface area contributed by atoms with Crippen LogP contribution in [-0.4, -0.2) is 18.1 Å². The minimum atomic E-state index is -0.153. The summed E-state index contributed by atoms with van der Waals surface area (Å²) in [5, 5.41) is 3.58. The van der Waals surface area contributed by atoms with Crippen LogP contribution in [0, 0.1) is 40.4 Å². The molecule has 0 aromatic heterocycles. The van der Waals surface area contributed by atoms with Crippen LogP contribution in [0.25, 0.3) is 10.4 Å². The monoisotopic (exact) mass is 397 g/mol. The second-order valence-electron chi connectivity index (χ2n) is 10.6. The Hall–Kier alpha value is -1.61. The maximum Gasteiger partial charge on any atom is 0.139 e. The molecular weight excluding hydrogens is 362 g/mol. The molecule has 158 valence electrons. The van der Waals surface area contributed by atoms with Gasteiger partial charge < -0.3 is 0 Å². The van der Waals surface area contributed by atoms with Crippen molar-refractivity contribution in [3.05, 3.63) is 22.6 Å². The lowest BCUT2D eigenvalue weighted by atomic mass is 9.44. The van der Waals surface area contributed by atoms with Crippen molar-refractivity contribution < 1.29 is 9.59 Å². The zero-order chi connectivity index (χ0) is 20.6. The molecule has 5 nitrogen and oxygen atoms in total. The van der Waals surface area contributed by atoms with Crippen molar-refractivity contribution >= 4 is 11.6 Å². The van der Waals surface area contributed by atoms with Gasteiger partial charge in [-0.15, -0.1) is 0 Å². The molecule has 4 aliphatic rings. The van der Waals surface area contributed by atoms with Crippen molar-refractivity contribution in [2.75, 3.05) is 6.54 Å². The molecule has 0 amide bonds. The van der Waals surface area contributed by atoms with E-state index < -0.39 is 0 Å². The Morgan fingerprint density at radius 3 is 2.79 bits per heavy atom. The SMILES string of the molecule is C[C@]12CC[C@H](C=CCCCN=[N+]=[N-])CC1C(=O)C[C@@H]1[C@@H]2CC[C@]2(C)C(=O)CC[C@@H]12. The van der Waals surface area contributed by atoms with E-state index in [1.807, 2.05) is 0 Å². The van der Waals surface area contributed by atoms with Gasteiger partial charge in [0.05, 0.1) is 0 Å². The number of Topliss-reactive ketones (excluding diaryl/α,β-unsaturated/α-hetero) is 2. The third-order valence-electron chi connectivity index (χ3n) is 9.31. The van der Waals surface area contributed by atoms with Crippen molar-refractivity contribution in [2.24, 2.45) is 45.5 Å². The smallest absolute Gasteiger partial charge is 0.139 e. The average molecular weight is 398 g/mol. The number of rotatable bonds is 5. The van der Waals surface area contributed by atoms with Gasteiger partial charge in [-0.1, -0.05) is 31.1 Å². The van der Waals surface area contributed by atoms with Crippen LogP contribution in [-0.2, 0) is 9.59 Å². The summed E-state index contributed by atoms with van der Waals surface area (Å²) in [6, 6.07) is 0. The van der Waals surface area contributed by atoms with Crippen LogP contribution in [0.15, 0.2) is 17.3 Å². The van der Waals surface area contributed by atoms with Gasteiger partial charge in [0.25, 0.3) is 0 Å². The zero-order valence-corrected chi connectivity index (χ0v) is 18.0. The van der Waals surface area contributed by atoms with Gasteiger partial charge in [0.1, 0.15) is 11.6 Å². The number of azide groups is 1. The first kappa shape index (κ1) is 20.7. The number of allylic oxidation sites excluding steroid dienone is 2. The van der Waals surface area contributed by atoms with Crippen molar-refractivity contribution in [3.8, 4) is 0 Å². The van der Waals surface area contributed by atoms with Gasteiger partial charge >= 0.3 is 0 Å². The van der Waals surface area contributed by atoms with Gasteiger partial charge in [0, 0.05) is 35.6 Å². The van der Waals surface area contributed by atoms with Crippen molar-refractivity contribution in [2.45, 2.75) is 78.1 Å². The Bertz CT molecular complexity index is 755. The van der Waals surface area contributed by atoms with E-state index in [4.69, 9.17) is 5.53 Å². The number of unbranched alkanes of at least 4 members (excludes halogenated alkanes) is 1. The van der Waals surface area contributed by atoms with Crippen LogP contribution < -0.4 is 0 Å². The van der Waals surface area contributed by atoms with Crippen molar-refractivity contribution in [3.63, 3.8) is 0 Å². The number of carbonyl (C=O) groups is 2. The first-order chi connectivity index (χ1) is 13.9. The van der Waals surface area contributed by atoms with Crippen LogP contribution in [0.5, 0.6) is 0 Å². The number of ketones is 2. The van der Waals surface area contributed by atoms with Crippen LogP contribution in [0.2, 0.25) is 0 Å². The molecule has 0 bridgehead atoms. The highest BCUT2D eigenvalue weighted by molar-refractivity contribution is 5.88. The molecule has 4 aliphatic carbocycles. The van der Waals surface area contributed by atoms with E-state index in [2.05, 4.69) is 36.0 Å². The fourth-order valence-corrected chi connectivity index (χ4v) is 7.63. The zero-order valence-electron chi connectivity index (χ0n) is 18.0. The molecular formula is C24H35N3O2. The van der Waals surface area contributed by atoms with Crippen LogP contribution >= 0.6 is 0 Å². The quantitative estimate of drug-likeness (QED) is 0.186. The fraction of sp³-hybridized carbons (Fsp3) is 0.833. The highest BCUT2D eigenvalue weighted by Crippen LogP contribution is 2.65. The lowest BCUT2D eigenvalue weighted by Crippen LogP contribution is -2.56. The van der Waals surface area contributed by atoms with E-state index in [9.17, 15) is 9.59 Å². The Morgan fingerprint density at radius 1 is 1.17 bits per heavy atom. The van der Waals surface area contributed by atoms with Gasteiger partial charge in [-0.2, -0.15) is 0 Å². The molecule has 0 radical (unpaired) electrons. The van der Waals surface area contributed by atoms with E-state index in [0.717, 1.165) is 57.8 Å². The lowest BCUT2D eigenvalue weighted by molar-refractivity contribution is -0.157. The second kappa shape index (κ2) is 7.91. The molecule has 0 heterocycles. The summed E-state index contributed by atoms with van der Waals surface area (Å²) >= 11 is 0. The van der Waals surface area contributed by atoms with E-state index in [1.165, 1.54) is 0 Å². The van der Waals surface area contributed by atoms with Gasteiger partial charge in [-0.3, -0.25) is 9.59 Å². The van der Waals surface area contributed by atoms with Gasteiger partial charge in [-0.25, -0.2) is 0 Å². The summed E-state index contributed by atoms with van der Waals surface area (Å²) in [5.74, 6) is 3.09. The molecule has 0 aromatic rings. The molecule has 29 heavy (non-hydrogen) atoms. The van der Waals surface area contributed by atoms with Crippen molar-refractivity contribution in [1.82, 2.24) is 0 Å². The Labute approximate surface area is 174 Å². The van der Waals surface area contributed by atoms with E-state index in [1.54, 1.807) is 0 Å². The topological polar surface area (TPSA) is 82.9 Å². The Morgan fingerprint density at radius 2 is 2.00 bits per heavy atom. The highest BCUT2D eigenvalue weighted by Gasteiger charge is 2.62. The van der Waals surface area contributed by atoms with Crippen LogP contribution in [0.1, 0.15) is 78.1 Å². The van der Waals surface area contributed by atoms with Gasteiger partial charge in [0.15, 0.2) is 0 Å². The summed E-state index contributed by atoms with van der Waals surface area (Å²) < 4.78 is 0. The molecule has 7 atom stereocenters. The minimum Gasteiger partial charge on any atom is -0.299 e. The summed E-state index contributed by atoms with van der Waals surface area (Å²) in [6.07, 6.45) is 14.2. The van der Waals surface area contributed by atoms with E-state index in [-0.39, 0.29) is 16.7 Å². The summed E-state index contributed by atoms with van der Waals surface area (Å²) in [5.41, 5.74) is 8.31. The van der Waals surface area contributed by atoms with Crippen LogP contribution in [0.3, 0.4) is 0 Å². The largest absolute Gasteiger partial charge is 0.299 e. The lowest BCUT2D eigenvalue weighted by Gasteiger charge is -2.59. The number of carbonyl (C=O) groups excluding carboxylic acids is 2. The number of nitrogens with zero attached hydrogens (tertiary/aromatic N) is 3. The predicted molar refractivity (Wildman–Crippen MR) is 113 cm³/mol. The van der Waals surface area contributed by atoms with Crippen molar-refractivity contribution in [1.29, 1.82) is 0 Å². The van der Waals surface area contributed by atoms with Gasteiger partial charge in [-0.05, 0) is 86.0 Å². The third kappa shape index (κ3) is 3.46. The maximum atomic E-state index is 13.3. The first-order valence-corrected chi connectivity index (χ1v) is 11.6.